The number of piperidine rings is 1. The van der Waals surface area contributed by atoms with Crippen molar-refractivity contribution in [1.82, 2.24) is 14.7 Å². The molecule has 0 aromatic heterocycles. The molecule has 2 N–H and O–H groups in total. The number of likely N-dealkylation sites (tertiary alicyclic amines) is 1. The third kappa shape index (κ3) is 5.15. The van der Waals surface area contributed by atoms with Crippen LogP contribution in [0.15, 0.2) is 0 Å². The lowest BCUT2D eigenvalue weighted by atomic mass is 9.96. The first-order valence-corrected chi connectivity index (χ1v) is 9.74. The van der Waals surface area contributed by atoms with Gasteiger partial charge in [0.15, 0.2) is 0 Å². The summed E-state index contributed by atoms with van der Waals surface area (Å²) < 4.78 is 5.47. The topological polar surface area (TPSA) is 79.1 Å². The van der Waals surface area contributed by atoms with Gasteiger partial charge in [0.2, 0.25) is 11.8 Å². The zero-order chi connectivity index (χ0) is 17.6. The van der Waals surface area contributed by atoms with Crippen molar-refractivity contribution in [2.45, 2.75) is 38.1 Å². The molecule has 7 heteroatoms. The molecule has 1 unspecified atom stereocenters. The molecule has 1 atom stereocenters. The monoisotopic (exact) mass is 352 g/mol. The molecule has 3 rings (SSSR count). The Morgan fingerprint density at radius 2 is 1.76 bits per heavy atom. The van der Waals surface area contributed by atoms with Gasteiger partial charge in [-0.05, 0) is 38.6 Å². The smallest absolute Gasteiger partial charge is 0.231 e. The largest absolute Gasteiger partial charge is 0.381 e. The molecule has 0 saturated carbocycles. The fourth-order valence-electron chi connectivity index (χ4n) is 4.45. The average Bonchev–Trinajstić information content (AvgIpc) is 2.88. The van der Waals surface area contributed by atoms with Crippen molar-refractivity contribution < 1.29 is 14.3 Å². The van der Waals surface area contributed by atoms with Gasteiger partial charge >= 0.3 is 0 Å². The summed E-state index contributed by atoms with van der Waals surface area (Å²) in [6.07, 6.45) is 5.15. The Morgan fingerprint density at radius 1 is 0.960 bits per heavy atom. The van der Waals surface area contributed by atoms with Crippen LogP contribution in [0.2, 0.25) is 0 Å². The van der Waals surface area contributed by atoms with Crippen LogP contribution in [0.3, 0.4) is 0 Å². The molecule has 3 aliphatic rings. The summed E-state index contributed by atoms with van der Waals surface area (Å²) in [6.45, 7) is 7.24. The van der Waals surface area contributed by atoms with Gasteiger partial charge in [0, 0.05) is 52.0 Å². The maximum Gasteiger partial charge on any atom is 0.231 e. The molecule has 142 valence electrons. The number of hydrogen-bond donors (Lipinski definition) is 1. The van der Waals surface area contributed by atoms with Crippen LogP contribution in [0.5, 0.6) is 0 Å². The molecule has 0 bridgehead atoms. The van der Waals surface area contributed by atoms with Crippen LogP contribution in [0.4, 0.5) is 0 Å². The van der Waals surface area contributed by atoms with E-state index in [0.29, 0.717) is 12.6 Å². The fourth-order valence-corrected chi connectivity index (χ4v) is 4.45. The lowest BCUT2D eigenvalue weighted by molar-refractivity contribution is -0.138. The highest BCUT2D eigenvalue weighted by molar-refractivity contribution is 5.79. The van der Waals surface area contributed by atoms with Crippen LogP contribution in [-0.2, 0) is 14.3 Å². The number of nitrogens with two attached hydrogens (primary N) is 1. The van der Waals surface area contributed by atoms with Gasteiger partial charge in [0.05, 0.1) is 12.5 Å². The van der Waals surface area contributed by atoms with Crippen LogP contribution < -0.4 is 5.73 Å². The molecule has 0 aromatic rings. The number of hydrogen-bond acceptors (Lipinski definition) is 5. The minimum absolute atomic E-state index is 0.0164. The number of rotatable bonds is 4. The first-order valence-electron chi connectivity index (χ1n) is 9.74. The van der Waals surface area contributed by atoms with E-state index in [-0.39, 0.29) is 24.3 Å². The first kappa shape index (κ1) is 18.6. The third-order valence-corrected chi connectivity index (χ3v) is 5.78. The van der Waals surface area contributed by atoms with Crippen LogP contribution in [0.25, 0.3) is 0 Å². The quantitative estimate of drug-likeness (QED) is 0.764. The lowest BCUT2D eigenvalue weighted by Gasteiger charge is -2.35. The summed E-state index contributed by atoms with van der Waals surface area (Å²) in [5.74, 6) is -0.0271. The van der Waals surface area contributed by atoms with Crippen molar-refractivity contribution in [3.8, 4) is 0 Å². The normalized spacial score (nSPS) is 27.8. The van der Waals surface area contributed by atoms with Crippen LogP contribution in [-0.4, -0.2) is 91.6 Å². The van der Waals surface area contributed by atoms with E-state index >= 15 is 0 Å². The predicted octanol–water partition coefficient (Wildman–Crippen LogP) is -0.103. The zero-order valence-corrected chi connectivity index (χ0v) is 15.2. The highest BCUT2D eigenvalue weighted by Crippen LogP contribution is 2.21. The molecular formula is C18H32N4O3. The Bertz CT molecular complexity index is 467. The summed E-state index contributed by atoms with van der Waals surface area (Å²) in [7, 11) is 0. The standard InChI is InChI=1S/C18H32N4O3/c19-17(23)14-20-6-1-3-15(13-20)18(24)22-8-2-7-21(9-10-22)16-4-11-25-12-5-16/h15-16H,1-14H2,(H2,19,23). The van der Waals surface area contributed by atoms with Gasteiger partial charge in [-0.1, -0.05) is 0 Å². The van der Waals surface area contributed by atoms with Crippen molar-refractivity contribution >= 4 is 11.8 Å². The molecule has 0 spiro atoms. The molecule has 3 heterocycles. The maximum atomic E-state index is 13.0. The van der Waals surface area contributed by atoms with E-state index in [1.54, 1.807) is 0 Å². The number of carbonyl (C=O) groups is 2. The van der Waals surface area contributed by atoms with Crippen LogP contribution in [0.1, 0.15) is 32.1 Å². The molecule has 0 aromatic carbocycles. The summed E-state index contributed by atoms with van der Waals surface area (Å²) in [5.41, 5.74) is 5.30. The molecule has 3 fully saturated rings. The van der Waals surface area contributed by atoms with Crippen molar-refractivity contribution in [2.24, 2.45) is 11.7 Å². The minimum Gasteiger partial charge on any atom is -0.381 e. The number of primary amides is 1. The van der Waals surface area contributed by atoms with Crippen LogP contribution in [0, 0.1) is 5.92 Å². The van der Waals surface area contributed by atoms with E-state index in [9.17, 15) is 9.59 Å². The zero-order valence-electron chi connectivity index (χ0n) is 15.2. The van der Waals surface area contributed by atoms with Gasteiger partial charge in [-0.3, -0.25) is 19.4 Å². The number of ether oxygens (including phenoxy) is 1. The van der Waals surface area contributed by atoms with E-state index < -0.39 is 0 Å². The maximum absolute atomic E-state index is 13.0. The molecule has 25 heavy (non-hydrogen) atoms. The molecule has 0 aliphatic carbocycles. The molecule has 7 nitrogen and oxygen atoms in total. The number of carbonyl (C=O) groups excluding carboxylic acids is 2. The van der Waals surface area contributed by atoms with Gasteiger partial charge in [-0.15, -0.1) is 0 Å². The van der Waals surface area contributed by atoms with Gasteiger partial charge < -0.3 is 15.4 Å². The second-order valence-corrected chi connectivity index (χ2v) is 7.60. The molecule has 3 aliphatic heterocycles. The predicted molar refractivity (Wildman–Crippen MR) is 95.0 cm³/mol. The summed E-state index contributed by atoms with van der Waals surface area (Å²) in [5, 5.41) is 0. The highest BCUT2D eigenvalue weighted by Gasteiger charge is 2.31. The van der Waals surface area contributed by atoms with Crippen molar-refractivity contribution in [3.63, 3.8) is 0 Å². The van der Waals surface area contributed by atoms with E-state index in [2.05, 4.69) is 9.80 Å². The minimum atomic E-state index is -0.310. The highest BCUT2D eigenvalue weighted by atomic mass is 16.5. The Labute approximate surface area is 150 Å². The summed E-state index contributed by atoms with van der Waals surface area (Å²) in [6, 6.07) is 0.615. The van der Waals surface area contributed by atoms with Crippen molar-refractivity contribution in [1.29, 1.82) is 0 Å². The fraction of sp³-hybridized carbons (Fsp3) is 0.889. The molecule has 2 amide bonds. The molecule has 0 radical (unpaired) electrons. The second kappa shape index (κ2) is 8.96. The van der Waals surface area contributed by atoms with Crippen molar-refractivity contribution in [3.05, 3.63) is 0 Å². The van der Waals surface area contributed by atoms with Crippen LogP contribution >= 0.6 is 0 Å². The first-order chi connectivity index (χ1) is 12.1. The van der Waals surface area contributed by atoms with Gasteiger partial charge in [-0.25, -0.2) is 0 Å². The average molecular weight is 352 g/mol. The van der Waals surface area contributed by atoms with Gasteiger partial charge in [0.1, 0.15) is 0 Å². The molecule has 3 saturated heterocycles. The van der Waals surface area contributed by atoms with Gasteiger partial charge in [0.25, 0.3) is 0 Å². The van der Waals surface area contributed by atoms with Gasteiger partial charge in [-0.2, -0.15) is 0 Å². The Kier molecular flexibility index (Phi) is 6.67. The summed E-state index contributed by atoms with van der Waals surface area (Å²) >= 11 is 0. The Morgan fingerprint density at radius 3 is 2.52 bits per heavy atom. The SMILES string of the molecule is NC(=O)CN1CCCC(C(=O)N2CCCN(C3CCOCC3)CC2)C1. The third-order valence-electron chi connectivity index (χ3n) is 5.78. The summed E-state index contributed by atoms with van der Waals surface area (Å²) in [4.78, 5) is 30.7. The van der Waals surface area contributed by atoms with E-state index in [4.69, 9.17) is 10.5 Å². The lowest BCUT2D eigenvalue weighted by Crippen LogP contribution is -2.48. The Balaban J connectivity index is 1.51. The Hall–Kier alpha value is -1.18. The van der Waals surface area contributed by atoms with E-state index in [1.807, 2.05) is 4.90 Å². The van der Waals surface area contributed by atoms with E-state index in [0.717, 1.165) is 78.0 Å². The number of nitrogens with zero attached hydrogens (tertiary/aromatic N) is 3. The second-order valence-electron chi connectivity index (χ2n) is 7.60. The number of amides is 2. The van der Waals surface area contributed by atoms with E-state index in [1.165, 1.54) is 0 Å². The molecular weight excluding hydrogens is 320 g/mol. The van der Waals surface area contributed by atoms with Crippen molar-refractivity contribution in [2.75, 3.05) is 59.0 Å².